The molecule has 0 spiro atoms. The predicted octanol–water partition coefficient (Wildman–Crippen LogP) is 3.72. The Bertz CT molecular complexity index is 1120. The van der Waals surface area contributed by atoms with Gasteiger partial charge in [-0.2, -0.15) is 0 Å². The highest BCUT2D eigenvalue weighted by atomic mass is 35.5. The first-order chi connectivity index (χ1) is 13.4. The van der Waals surface area contributed by atoms with Gasteiger partial charge in [-0.15, -0.1) is 0 Å². The summed E-state index contributed by atoms with van der Waals surface area (Å²) in [7, 11) is 0. The van der Waals surface area contributed by atoms with E-state index in [4.69, 9.17) is 16.3 Å². The maximum atomic E-state index is 13.0. The number of carbonyl (C=O) groups excluding carboxylic acids is 1. The van der Waals surface area contributed by atoms with Crippen molar-refractivity contribution in [3.05, 3.63) is 74.5 Å². The van der Waals surface area contributed by atoms with Crippen molar-refractivity contribution < 1.29 is 9.53 Å². The van der Waals surface area contributed by atoms with Crippen LogP contribution in [0.1, 0.15) is 28.4 Å². The van der Waals surface area contributed by atoms with Crippen molar-refractivity contribution in [2.24, 2.45) is 0 Å². The molecule has 1 amide bonds. The minimum Gasteiger partial charge on any atom is -0.487 e. The van der Waals surface area contributed by atoms with Gasteiger partial charge in [0.15, 0.2) is 0 Å². The zero-order chi connectivity index (χ0) is 19.8. The number of amides is 1. The Labute approximate surface area is 167 Å². The van der Waals surface area contributed by atoms with Crippen molar-refractivity contribution >= 4 is 28.4 Å². The second-order valence-electron chi connectivity index (χ2n) is 7.21. The minimum absolute atomic E-state index is 0.0585. The van der Waals surface area contributed by atoms with Crippen molar-refractivity contribution in [1.29, 1.82) is 0 Å². The molecule has 1 atom stereocenters. The monoisotopic (exact) mass is 396 g/mol. The Hall–Kier alpha value is -2.79. The molecule has 1 aliphatic rings. The fourth-order valence-corrected chi connectivity index (χ4v) is 3.80. The number of halogens is 1. The van der Waals surface area contributed by atoms with Crippen LogP contribution in [0.5, 0.6) is 5.75 Å². The van der Waals surface area contributed by atoms with E-state index in [-0.39, 0.29) is 23.0 Å². The van der Waals surface area contributed by atoms with Crippen LogP contribution in [0.25, 0.3) is 10.9 Å². The molecule has 0 bridgehead atoms. The van der Waals surface area contributed by atoms with Gasteiger partial charge >= 0.3 is 0 Å². The number of aryl methyl sites for hydroxylation is 1. The maximum absolute atomic E-state index is 13.0. The van der Waals surface area contributed by atoms with Crippen LogP contribution in [-0.4, -0.2) is 23.1 Å². The van der Waals surface area contributed by atoms with E-state index in [2.05, 4.69) is 5.32 Å². The van der Waals surface area contributed by atoms with Gasteiger partial charge in [-0.1, -0.05) is 41.4 Å². The van der Waals surface area contributed by atoms with Crippen LogP contribution in [0, 0.1) is 6.92 Å². The fourth-order valence-electron chi connectivity index (χ4n) is 3.56. The summed E-state index contributed by atoms with van der Waals surface area (Å²) in [5.74, 6) is 0.227. The lowest BCUT2D eigenvalue weighted by Gasteiger charge is -2.26. The third kappa shape index (κ3) is 3.38. The molecule has 0 unspecified atom stereocenters. The van der Waals surface area contributed by atoms with Gasteiger partial charge in [0, 0.05) is 12.7 Å². The van der Waals surface area contributed by atoms with E-state index in [9.17, 15) is 9.59 Å². The van der Waals surface area contributed by atoms with Gasteiger partial charge in [0.25, 0.3) is 5.91 Å². The predicted molar refractivity (Wildman–Crippen MR) is 111 cm³/mol. The van der Waals surface area contributed by atoms with E-state index in [1.165, 1.54) is 5.56 Å². The molecule has 3 aromatic rings. The molecule has 1 N–H and O–H groups in total. The van der Waals surface area contributed by atoms with Crippen LogP contribution >= 0.6 is 11.6 Å². The lowest BCUT2D eigenvalue weighted by Crippen LogP contribution is -2.33. The third-order valence-electron chi connectivity index (χ3n) is 4.98. The Morgan fingerprint density at radius 3 is 2.75 bits per heavy atom. The van der Waals surface area contributed by atoms with Crippen molar-refractivity contribution in [1.82, 2.24) is 9.88 Å². The van der Waals surface area contributed by atoms with Gasteiger partial charge in [-0.3, -0.25) is 9.59 Å². The number of nitrogens with zero attached hydrogens (tertiary/aromatic N) is 1. The van der Waals surface area contributed by atoms with E-state index < -0.39 is 0 Å². The highest BCUT2D eigenvalue weighted by Gasteiger charge is 2.24. The van der Waals surface area contributed by atoms with E-state index in [1.54, 1.807) is 18.3 Å². The lowest BCUT2D eigenvalue weighted by atomic mass is 10.1. The van der Waals surface area contributed by atoms with Crippen LogP contribution < -0.4 is 15.5 Å². The number of ether oxygens (including phenoxy) is 1. The Morgan fingerprint density at radius 1 is 1.25 bits per heavy atom. The summed E-state index contributed by atoms with van der Waals surface area (Å²) in [5.41, 5.74) is 2.70. The van der Waals surface area contributed by atoms with Crippen LogP contribution in [0.3, 0.4) is 0 Å². The van der Waals surface area contributed by atoms with Crippen molar-refractivity contribution in [2.75, 3.05) is 6.54 Å². The molecule has 0 saturated heterocycles. The zero-order valence-electron chi connectivity index (χ0n) is 15.8. The average Bonchev–Trinajstić information content (AvgIpc) is 2.67. The van der Waals surface area contributed by atoms with Gasteiger partial charge in [0.05, 0.1) is 22.5 Å². The summed E-state index contributed by atoms with van der Waals surface area (Å²) >= 11 is 6.30. The molecule has 144 valence electrons. The largest absolute Gasteiger partial charge is 0.487 e. The zero-order valence-corrected chi connectivity index (χ0v) is 16.5. The number of nitrogens with one attached hydrogen (secondary N) is 1. The van der Waals surface area contributed by atoms with Crippen molar-refractivity contribution in [2.45, 2.75) is 32.9 Å². The first-order valence-electron chi connectivity index (χ1n) is 9.30. The van der Waals surface area contributed by atoms with Crippen LogP contribution in [-0.2, 0) is 13.0 Å². The number of pyridine rings is 1. The summed E-state index contributed by atoms with van der Waals surface area (Å²) in [6.07, 6.45) is 2.26. The Balaban J connectivity index is 1.62. The smallest absolute Gasteiger partial charge is 0.256 e. The highest BCUT2D eigenvalue weighted by Crippen LogP contribution is 2.33. The van der Waals surface area contributed by atoms with Crippen molar-refractivity contribution in [3.8, 4) is 5.75 Å². The van der Waals surface area contributed by atoms with Crippen LogP contribution in [0.15, 0.2) is 47.4 Å². The lowest BCUT2D eigenvalue weighted by molar-refractivity contribution is 0.0951. The van der Waals surface area contributed by atoms with E-state index in [0.29, 0.717) is 41.2 Å². The van der Waals surface area contributed by atoms with Gasteiger partial charge in [0.1, 0.15) is 17.4 Å². The molecule has 0 radical (unpaired) electrons. The summed E-state index contributed by atoms with van der Waals surface area (Å²) in [6, 6.07) is 11.6. The SMILES string of the molecule is Cc1ccc(CCNC(=O)c2cn3c4c(ccc(Cl)c4c2=O)O[C@H](C)C3)cc1. The second-order valence-corrected chi connectivity index (χ2v) is 7.62. The van der Waals surface area contributed by atoms with Gasteiger partial charge in [-0.05, 0) is 38.0 Å². The second kappa shape index (κ2) is 7.32. The minimum atomic E-state index is -0.386. The topological polar surface area (TPSA) is 60.3 Å². The normalized spacial score (nSPS) is 15.3. The average molecular weight is 397 g/mol. The summed E-state index contributed by atoms with van der Waals surface area (Å²) in [4.78, 5) is 25.7. The van der Waals surface area contributed by atoms with Crippen molar-refractivity contribution in [3.63, 3.8) is 0 Å². The number of hydrogen-bond donors (Lipinski definition) is 1. The number of hydrogen-bond acceptors (Lipinski definition) is 3. The van der Waals surface area contributed by atoms with Gasteiger partial charge in [0.2, 0.25) is 5.43 Å². The van der Waals surface area contributed by atoms with E-state index >= 15 is 0 Å². The Kier molecular flexibility index (Phi) is 4.85. The molecule has 0 aliphatic carbocycles. The van der Waals surface area contributed by atoms with Crippen LogP contribution in [0.4, 0.5) is 0 Å². The molecular formula is C22H21ClN2O3. The summed E-state index contributed by atoms with van der Waals surface area (Å²) < 4.78 is 7.71. The Morgan fingerprint density at radius 2 is 2.00 bits per heavy atom. The molecular weight excluding hydrogens is 376 g/mol. The molecule has 2 heterocycles. The van der Waals surface area contributed by atoms with E-state index in [1.807, 2.05) is 42.7 Å². The van der Waals surface area contributed by atoms with Gasteiger partial charge < -0.3 is 14.6 Å². The standard InChI is InChI=1S/C22H21ClN2O3/c1-13-3-5-15(6-4-13)9-10-24-22(27)16-12-25-11-14(2)28-18-8-7-17(23)19(20(18)25)21(16)26/h3-8,12,14H,9-11H2,1-2H3,(H,24,27)/t14-/m1/s1. The summed E-state index contributed by atoms with van der Waals surface area (Å²) in [6.45, 7) is 4.98. The maximum Gasteiger partial charge on any atom is 0.256 e. The number of rotatable bonds is 4. The molecule has 0 fully saturated rings. The summed E-state index contributed by atoms with van der Waals surface area (Å²) in [5, 5.41) is 3.51. The molecule has 6 heteroatoms. The van der Waals surface area contributed by atoms with Gasteiger partial charge in [-0.25, -0.2) is 0 Å². The van der Waals surface area contributed by atoms with Crippen LogP contribution in [0.2, 0.25) is 5.02 Å². The highest BCUT2D eigenvalue weighted by molar-refractivity contribution is 6.35. The molecule has 1 aromatic heterocycles. The number of aromatic nitrogens is 1. The quantitative estimate of drug-likeness (QED) is 0.731. The molecule has 4 rings (SSSR count). The molecule has 2 aromatic carbocycles. The fraction of sp³-hybridized carbons (Fsp3) is 0.273. The molecule has 1 aliphatic heterocycles. The molecule has 0 saturated carbocycles. The van der Waals surface area contributed by atoms with E-state index in [0.717, 1.165) is 5.56 Å². The number of carbonyl (C=O) groups is 1. The molecule has 5 nitrogen and oxygen atoms in total. The first kappa shape index (κ1) is 18.6. The number of benzene rings is 2. The third-order valence-corrected chi connectivity index (χ3v) is 5.30. The molecule has 28 heavy (non-hydrogen) atoms. The first-order valence-corrected chi connectivity index (χ1v) is 9.68.